The number of anilines is 1. The number of thioether (sulfide) groups is 1. The van der Waals surface area contributed by atoms with Crippen molar-refractivity contribution in [3.05, 3.63) is 57.1 Å². The molecular formula is C18H14N2O4S3. The van der Waals surface area contributed by atoms with Crippen LogP contribution in [-0.4, -0.2) is 38.7 Å². The van der Waals surface area contributed by atoms with Crippen LogP contribution in [-0.2, 0) is 9.59 Å². The summed E-state index contributed by atoms with van der Waals surface area (Å²) < 4.78 is 0.420. The normalized spacial score (nSPS) is 15.4. The van der Waals surface area contributed by atoms with Crippen molar-refractivity contribution in [1.29, 1.82) is 0 Å². The highest BCUT2D eigenvalue weighted by atomic mass is 32.2. The first-order chi connectivity index (χ1) is 12.9. The Morgan fingerprint density at radius 1 is 1.26 bits per heavy atom. The summed E-state index contributed by atoms with van der Waals surface area (Å²) >= 11 is 8.00. The van der Waals surface area contributed by atoms with Crippen molar-refractivity contribution in [2.75, 3.05) is 11.9 Å². The van der Waals surface area contributed by atoms with Gasteiger partial charge >= 0.3 is 5.97 Å². The average molecular weight is 419 g/mol. The molecule has 0 aliphatic carbocycles. The molecule has 0 unspecified atom stereocenters. The Balaban J connectivity index is 1.59. The van der Waals surface area contributed by atoms with Gasteiger partial charge in [-0.1, -0.05) is 36.1 Å². The van der Waals surface area contributed by atoms with Gasteiger partial charge in [0.05, 0.1) is 10.5 Å². The predicted molar refractivity (Wildman–Crippen MR) is 111 cm³/mol. The van der Waals surface area contributed by atoms with Gasteiger partial charge in [0.15, 0.2) is 0 Å². The topological polar surface area (TPSA) is 86.7 Å². The lowest BCUT2D eigenvalue weighted by Crippen LogP contribution is -2.31. The third-order valence-corrected chi connectivity index (χ3v) is 5.84. The number of carboxylic acid groups (broad SMARTS) is 1. The molecule has 6 nitrogen and oxygen atoms in total. The number of amides is 2. The predicted octanol–water partition coefficient (Wildman–Crippen LogP) is 3.68. The zero-order valence-corrected chi connectivity index (χ0v) is 16.3. The number of benzene rings is 1. The molecule has 1 saturated heterocycles. The van der Waals surface area contributed by atoms with Crippen LogP contribution in [0.25, 0.3) is 6.08 Å². The number of hydrogen-bond acceptors (Lipinski definition) is 6. The third-order valence-electron chi connectivity index (χ3n) is 3.65. The van der Waals surface area contributed by atoms with Gasteiger partial charge < -0.3 is 10.4 Å². The lowest BCUT2D eigenvalue weighted by molar-refractivity contribution is -0.122. The van der Waals surface area contributed by atoms with E-state index < -0.39 is 5.97 Å². The molecule has 1 aromatic heterocycles. The molecule has 2 aromatic rings. The molecule has 2 N–H and O–H groups in total. The fourth-order valence-electron chi connectivity index (χ4n) is 2.36. The molecule has 1 fully saturated rings. The summed E-state index contributed by atoms with van der Waals surface area (Å²) in [4.78, 5) is 38.5. The van der Waals surface area contributed by atoms with E-state index in [1.807, 2.05) is 17.5 Å². The fraction of sp³-hybridized carbons (Fsp3) is 0.111. The van der Waals surface area contributed by atoms with E-state index in [0.29, 0.717) is 14.9 Å². The maximum atomic E-state index is 12.5. The first-order valence-corrected chi connectivity index (χ1v) is 9.96. The number of carbonyl (C=O) groups is 3. The summed E-state index contributed by atoms with van der Waals surface area (Å²) in [5, 5.41) is 13.5. The second kappa shape index (κ2) is 8.47. The number of carbonyl (C=O) groups excluding carboxylic acids is 2. The lowest BCUT2D eigenvalue weighted by Gasteiger charge is -2.14. The van der Waals surface area contributed by atoms with Crippen molar-refractivity contribution in [1.82, 2.24) is 4.90 Å². The summed E-state index contributed by atoms with van der Waals surface area (Å²) in [6.45, 7) is 0.164. The van der Waals surface area contributed by atoms with Crippen LogP contribution in [0.1, 0.15) is 21.7 Å². The number of rotatable bonds is 6. The summed E-state index contributed by atoms with van der Waals surface area (Å²) in [5.41, 5.74) is 0.478. The molecule has 138 valence electrons. The van der Waals surface area contributed by atoms with Crippen LogP contribution in [0.3, 0.4) is 0 Å². The lowest BCUT2D eigenvalue weighted by atomic mass is 10.2. The molecule has 27 heavy (non-hydrogen) atoms. The van der Waals surface area contributed by atoms with E-state index in [4.69, 9.17) is 17.3 Å². The zero-order chi connectivity index (χ0) is 19.4. The Labute approximate surface area is 168 Å². The molecule has 1 aromatic carbocycles. The molecule has 0 atom stereocenters. The molecule has 0 saturated carbocycles. The number of thiocarbonyl (C=S) groups is 1. The largest absolute Gasteiger partial charge is 0.478 e. The van der Waals surface area contributed by atoms with Crippen molar-refractivity contribution in [2.24, 2.45) is 0 Å². The van der Waals surface area contributed by atoms with Gasteiger partial charge in [-0.25, -0.2) is 4.79 Å². The monoisotopic (exact) mass is 418 g/mol. The summed E-state index contributed by atoms with van der Waals surface area (Å²) in [5.74, 6) is -1.60. The van der Waals surface area contributed by atoms with E-state index in [1.54, 1.807) is 18.2 Å². The Morgan fingerprint density at radius 3 is 2.78 bits per heavy atom. The molecule has 2 heterocycles. The zero-order valence-electron chi connectivity index (χ0n) is 13.9. The van der Waals surface area contributed by atoms with Gasteiger partial charge in [-0.05, 0) is 35.7 Å². The quantitative estimate of drug-likeness (QED) is 0.550. The van der Waals surface area contributed by atoms with Crippen LogP contribution < -0.4 is 5.32 Å². The molecule has 9 heteroatoms. The van der Waals surface area contributed by atoms with E-state index in [2.05, 4.69) is 5.32 Å². The minimum absolute atomic E-state index is 0.0516. The van der Waals surface area contributed by atoms with Crippen molar-refractivity contribution in [2.45, 2.75) is 6.42 Å². The maximum Gasteiger partial charge on any atom is 0.335 e. The molecular weight excluding hydrogens is 404 g/mol. The second-order valence-electron chi connectivity index (χ2n) is 5.53. The number of nitrogens with zero attached hydrogens (tertiary/aromatic N) is 1. The van der Waals surface area contributed by atoms with E-state index in [1.165, 1.54) is 40.1 Å². The number of carboxylic acids is 1. The molecule has 1 aliphatic rings. The van der Waals surface area contributed by atoms with E-state index in [9.17, 15) is 14.4 Å². The summed E-state index contributed by atoms with van der Waals surface area (Å²) in [6.07, 6.45) is 1.84. The van der Waals surface area contributed by atoms with Crippen molar-refractivity contribution >= 4 is 69.2 Å². The fourth-order valence-corrected chi connectivity index (χ4v) is 4.39. The number of hydrogen-bond donors (Lipinski definition) is 2. The van der Waals surface area contributed by atoms with Crippen LogP contribution in [0.4, 0.5) is 5.69 Å². The van der Waals surface area contributed by atoms with Gasteiger partial charge in [-0.2, -0.15) is 0 Å². The highest BCUT2D eigenvalue weighted by Crippen LogP contribution is 2.33. The van der Waals surface area contributed by atoms with Gasteiger partial charge in [0, 0.05) is 23.5 Å². The van der Waals surface area contributed by atoms with Gasteiger partial charge in [0.1, 0.15) is 4.32 Å². The van der Waals surface area contributed by atoms with E-state index in [-0.39, 0.29) is 30.3 Å². The van der Waals surface area contributed by atoms with Crippen LogP contribution >= 0.6 is 35.3 Å². The van der Waals surface area contributed by atoms with Gasteiger partial charge in [-0.3, -0.25) is 14.5 Å². The summed E-state index contributed by atoms with van der Waals surface area (Å²) in [7, 11) is 0. The van der Waals surface area contributed by atoms with Gasteiger partial charge in [-0.15, -0.1) is 11.3 Å². The smallest absolute Gasteiger partial charge is 0.335 e. The summed E-state index contributed by atoms with van der Waals surface area (Å²) in [6, 6.07) is 9.79. The van der Waals surface area contributed by atoms with Crippen molar-refractivity contribution in [3.8, 4) is 0 Å². The van der Waals surface area contributed by atoms with E-state index >= 15 is 0 Å². The van der Waals surface area contributed by atoms with Crippen LogP contribution in [0.5, 0.6) is 0 Å². The molecule has 3 rings (SSSR count). The molecule has 2 amide bonds. The standard InChI is InChI=1S/C18H14N2O4S3/c21-15(19-12-4-1-3-11(9-12)17(23)24)6-7-20-16(22)14(27-18(20)25)10-13-5-2-8-26-13/h1-5,8-10H,6-7H2,(H,19,21)(H,23,24). The van der Waals surface area contributed by atoms with Crippen LogP contribution in [0.15, 0.2) is 46.7 Å². The first-order valence-electron chi connectivity index (χ1n) is 7.86. The maximum absolute atomic E-state index is 12.5. The molecule has 0 radical (unpaired) electrons. The molecule has 1 aliphatic heterocycles. The Morgan fingerprint density at radius 2 is 2.07 bits per heavy atom. The first kappa shape index (κ1) is 19.3. The second-order valence-corrected chi connectivity index (χ2v) is 8.19. The Bertz CT molecular complexity index is 938. The molecule has 0 spiro atoms. The Kier molecular flexibility index (Phi) is 6.04. The SMILES string of the molecule is O=C(CCN1C(=O)C(=Cc2cccs2)SC1=S)Nc1cccc(C(=O)O)c1. The minimum Gasteiger partial charge on any atom is -0.478 e. The average Bonchev–Trinajstić information content (AvgIpc) is 3.23. The number of aromatic carboxylic acids is 1. The van der Waals surface area contributed by atoms with E-state index in [0.717, 1.165) is 4.88 Å². The highest BCUT2D eigenvalue weighted by Gasteiger charge is 2.32. The van der Waals surface area contributed by atoms with Gasteiger partial charge in [0.25, 0.3) is 5.91 Å². The number of nitrogens with one attached hydrogen (secondary N) is 1. The Hall–Kier alpha value is -2.49. The van der Waals surface area contributed by atoms with Gasteiger partial charge in [0.2, 0.25) is 5.91 Å². The third kappa shape index (κ3) is 4.82. The molecule has 0 bridgehead atoms. The van der Waals surface area contributed by atoms with Crippen molar-refractivity contribution < 1.29 is 19.5 Å². The highest BCUT2D eigenvalue weighted by molar-refractivity contribution is 8.26. The van der Waals surface area contributed by atoms with Crippen molar-refractivity contribution in [3.63, 3.8) is 0 Å². The number of thiophene rings is 1. The van der Waals surface area contributed by atoms with Crippen LogP contribution in [0, 0.1) is 0 Å². The van der Waals surface area contributed by atoms with Crippen LogP contribution in [0.2, 0.25) is 0 Å². The minimum atomic E-state index is -1.07.